The van der Waals surface area contributed by atoms with Crippen LogP contribution < -0.4 is 5.73 Å². The Labute approximate surface area is 100 Å². The first kappa shape index (κ1) is 11.7. The van der Waals surface area contributed by atoms with Crippen LogP contribution in [0.1, 0.15) is 24.2 Å². The van der Waals surface area contributed by atoms with Gasteiger partial charge in [0.15, 0.2) is 0 Å². The lowest BCUT2D eigenvalue weighted by molar-refractivity contribution is 0.626. The van der Waals surface area contributed by atoms with Gasteiger partial charge < -0.3 is 5.73 Å². The van der Waals surface area contributed by atoms with E-state index in [0.717, 1.165) is 22.4 Å². The molecule has 1 aromatic carbocycles. The number of hydrogen-bond donors (Lipinski definition) is 1. The molecule has 0 aliphatic carbocycles. The van der Waals surface area contributed by atoms with Crippen LogP contribution in [0.15, 0.2) is 36.5 Å². The molecule has 0 radical (unpaired) electrons. The first-order chi connectivity index (χ1) is 8.08. The van der Waals surface area contributed by atoms with Gasteiger partial charge in [-0.05, 0) is 43.2 Å². The molecule has 0 spiro atoms. The summed E-state index contributed by atoms with van der Waals surface area (Å²) in [5.41, 5.74) is 9.46. The highest BCUT2D eigenvalue weighted by atomic mass is 19.1. The standard InChI is InChI=1S/C14H15FN2/c1-9-3-4-11(8-17-9)14-7-12(15)5-6-13(14)10(2)16/h3-8,10H,16H2,1-2H3. The molecule has 1 unspecified atom stereocenters. The van der Waals surface area contributed by atoms with Gasteiger partial charge in [0.25, 0.3) is 0 Å². The molecule has 0 aliphatic rings. The van der Waals surface area contributed by atoms with Crippen molar-refractivity contribution in [1.82, 2.24) is 4.98 Å². The molecular weight excluding hydrogens is 215 g/mol. The molecule has 2 aromatic rings. The van der Waals surface area contributed by atoms with E-state index < -0.39 is 0 Å². The lowest BCUT2D eigenvalue weighted by Gasteiger charge is -2.13. The second kappa shape index (κ2) is 4.63. The van der Waals surface area contributed by atoms with E-state index in [4.69, 9.17) is 5.73 Å². The maximum absolute atomic E-state index is 13.3. The molecule has 2 nitrogen and oxygen atoms in total. The Kier molecular flexibility index (Phi) is 3.20. The van der Waals surface area contributed by atoms with Crippen LogP contribution in [-0.2, 0) is 0 Å². The zero-order valence-corrected chi connectivity index (χ0v) is 9.94. The van der Waals surface area contributed by atoms with Gasteiger partial charge in [-0.25, -0.2) is 4.39 Å². The molecule has 17 heavy (non-hydrogen) atoms. The van der Waals surface area contributed by atoms with E-state index in [1.807, 2.05) is 26.0 Å². The predicted molar refractivity (Wildman–Crippen MR) is 67.0 cm³/mol. The normalized spacial score (nSPS) is 12.5. The van der Waals surface area contributed by atoms with Crippen LogP contribution in [0.4, 0.5) is 4.39 Å². The number of aromatic nitrogens is 1. The Morgan fingerprint density at radius 1 is 1.24 bits per heavy atom. The fourth-order valence-corrected chi connectivity index (χ4v) is 1.80. The van der Waals surface area contributed by atoms with Gasteiger partial charge >= 0.3 is 0 Å². The molecule has 88 valence electrons. The van der Waals surface area contributed by atoms with Gasteiger partial charge in [0.1, 0.15) is 5.82 Å². The van der Waals surface area contributed by atoms with Crippen molar-refractivity contribution < 1.29 is 4.39 Å². The average molecular weight is 230 g/mol. The third-order valence-electron chi connectivity index (χ3n) is 2.73. The summed E-state index contributed by atoms with van der Waals surface area (Å²) in [4.78, 5) is 4.22. The van der Waals surface area contributed by atoms with Crippen molar-refractivity contribution in [3.63, 3.8) is 0 Å². The lowest BCUT2D eigenvalue weighted by Crippen LogP contribution is -2.07. The van der Waals surface area contributed by atoms with E-state index in [0.29, 0.717) is 0 Å². The maximum atomic E-state index is 13.3. The molecular formula is C14H15FN2. The van der Waals surface area contributed by atoms with E-state index in [1.54, 1.807) is 12.3 Å². The summed E-state index contributed by atoms with van der Waals surface area (Å²) in [6.07, 6.45) is 1.75. The summed E-state index contributed by atoms with van der Waals surface area (Å²) < 4.78 is 13.3. The second-order valence-electron chi connectivity index (χ2n) is 4.21. The summed E-state index contributed by atoms with van der Waals surface area (Å²) in [7, 11) is 0. The molecule has 0 saturated carbocycles. The molecule has 1 atom stereocenters. The summed E-state index contributed by atoms with van der Waals surface area (Å²) in [6.45, 7) is 3.81. The summed E-state index contributed by atoms with van der Waals surface area (Å²) in [5.74, 6) is -0.259. The number of pyridine rings is 1. The third-order valence-corrected chi connectivity index (χ3v) is 2.73. The molecule has 3 heteroatoms. The van der Waals surface area contributed by atoms with Gasteiger partial charge in [-0.15, -0.1) is 0 Å². The Bertz CT molecular complexity index is 518. The monoisotopic (exact) mass is 230 g/mol. The van der Waals surface area contributed by atoms with Crippen LogP contribution in [0.3, 0.4) is 0 Å². The molecule has 1 aromatic heterocycles. The van der Waals surface area contributed by atoms with Gasteiger partial charge in [-0.3, -0.25) is 4.98 Å². The first-order valence-electron chi connectivity index (χ1n) is 5.56. The number of rotatable bonds is 2. The molecule has 0 bridgehead atoms. The van der Waals surface area contributed by atoms with Crippen LogP contribution >= 0.6 is 0 Å². The molecule has 0 amide bonds. The van der Waals surface area contributed by atoms with E-state index in [9.17, 15) is 4.39 Å². The third kappa shape index (κ3) is 2.50. The number of hydrogen-bond acceptors (Lipinski definition) is 2. The van der Waals surface area contributed by atoms with Crippen molar-refractivity contribution in [2.75, 3.05) is 0 Å². The van der Waals surface area contributed by atoms with E-state index >= 15 is 0 Å². The van der Waals surface area contributed by atoms with Crippen LogP contribution in [0, 0.1) is 12.7 Å². The fourth-order valence-electron chi connectivity index (χ4n) is 1.80. The SMILES string of the molecule is Cc1ccc(-c2cc(F)ccc2C(C)N)cn1. The minimum absolute atomic E-state index is 0.132. The largest absolute Gasteiger partial charge is 0.324 e. The van der Waals surface area contributed by atoms with Crippen molar-refractivity contribution in [2.24, 2.45) is 5.73 Å². The van der Waals surface area contributed by atoms with Gasteiger partial charge in [0, 0.05) is 23.5 Å². The van der Waals surface area contributed by atoms with Crippen molar-refractivity contribution in [3.05, 3.63) is 53.6 Å². The van der Waals surface area contributed by atoms with Crippen molar-refractivity contribution in [1.29, 1.82) is 0 Å². The summed E-state index contributed by atoms with van der Waals surface area (Å²) in [5, 5.41) is 0. The Morgan fingerprint density at radius 3 is 2.59 bits per heavy atom. The molecule has 0 aliphatic heterocycles. The highest BCUT2D eigenvalue weighted by Crippen LogP contribution is 2.27. The van der Waals surface area contributed by atoms with Crippen LogP contribution in [0.25, 0.3) is 11.1 Å². The zero-order valence-electron chi connectivity index (χ0n) is 9.94. The van der Waals surface area contributed by atoms with E-state index in [-0.39, 0.29) is 11.9 Å². The zero-order chi connectivity index (χ0) is 12.4. The number of halogens is 1. The highest BCUT2D eigenvalue weighted by molar-refractivity contribution is 5.67. The van der Waals surface area contributed by atoms with Crippen LogP contribution in [0.2, 0.25) is 0 Å². The number of benzene rings is 1. The van der Waals surface area contributed by atoms with Crippen molar-refractivity contribution in [3.8, 4) is 11.1 Å². The number of aryl methyl sites for hydroxylation is 1. The fraction of sp³-hybridized carbons (Fsp3) is 0.214. The predicted octanol–water partition coefficient (Wildman–Crippen LogP) is 3.22. The van der Waals surface area contributed by atoms with Crippen molar-refractivity contribution in [2.45, 2.75) is 19.9 Å². The van der Waals surface area contributed by atoms with Gasteiger partial charge in [0.2, 0.25) is 0 Å². The lowest BCUT2D eigenvalue weighted by atomic mass is 9.97. The second-order valence-corrected chi connectivity index (χ2v) is 4.21. The highest BCUT2D eigenvalue weighted by Gasteiger charge is 2.10. The molecule has 2 rings (SSSR count). The number of nitrogens with two attached hydrogens (primary N) is 1. The summed E-state index contributed by atoms with van der Waals surface area (Å²) in [6, 6.07) is 8.38. The van der Waals surface area contributed by atoms with E-state index in [2.05, 4.69) is 4.98 Å². The minimum atomic E-state index is -0.259. The Balaban J connectivity index is 2.56. The first-order valence-corrected chi connectivity index (χ1v) is 5.56. The minimum Gasteiger partial charge on any atom is -0.324 e. The van der Waals surface area contributed by atoms with Crippen molar-refractivity contribution >= 4 is 0 Å². The topological polar surface area (TPSA) is 38.9 Å². The molecule has 1 heterocycles. The quantitative estimate of drug-likeness (QED) is 0.860. The molecule has 2 N–H and O–H groups in total. The number of nitrogens with zero attached hydrogens (tertiary/aromatic N) is 1. The van der Waals surface area contributed by atoms with Gasteiger partial charge in [0.05, 0.1) is 0 Å². The van der Waals surface area contributed by atoms with Crippen LogP contribution in [-0.4, -0.2) is 4.98 Å². The average Bonchev–Trinajstić information content (AvgIpc) is 2.29. The molecule has 0 fully saturated rings. The smallest absolute Gasteiger partial charge is 0.123 e. The van der Waals surface area contributed by atoms with Gasteiger partial charge in [-0.2, -0.15) is 0 Å². The van der Waals surface area contributed by atoms with E-state index in [1.165, 1.54) is 12.1 Å². The van der Waals surface area contributed by atoms with Crippen LogP contribution in [0.5, 0.6) is 0 Å². The maximum Gasteiger partial charge on any atom is 0.123 e. The Hall–Kier alpha value is -1.74. The summed E-state index contributed by atoms with van der Waals surface area (Å²) >= 11 is 0. The van der Waals surface area contributed by atoms with Gasteiger partial charge in [-0.1, -0.05) is 12.1 Å². The Morgan fingerprint density at radius 2 is 2.00 bits per heavy atom. The molecule has 0 saturated heterocycles.